The van der Waals surface area contributed by atoms with Crippen LogP contribution in [0.3, 0.4) is 0 Å². The van der Waals surface area contributed by atoms with Gasteiger partial charge in [-0.3, -0.25) is 4.90 Å². The predicted molar refractivity (Wildman–Crippen MR) is 66.5 cm³/mol. The van der Waals surface area contributed by atoms with Crippen molar-refractivity contribution < 1.29 is 4.74 Å². The first-order chi connectivity index (χ1) is 7.79. The summed E-state index contributed by atoms with van der Waals surface area (Å²) in [5, 5.41) is 0. The highest BCUT2D eigenvalue weighted by Gasteiger charge is 2.26. The van der Waals surface area contributed by atoms with Crippen LogP contribution in [0.25, 0.3) is 0 Å². The molecular formula is C13H26N2O. The first-order valence-electron chi connectivity index (χ1n) is 6.88. The number of nitrogens with two attached hydrogens (primary N) is 1. The van der Waals surface area contributed by atoms with Crippen molar-refractivity contribution in [1.29, 1.82) is 0 Å². The Bertz CT molecular complexity index is 196. The highest BCUT2D eigenvalue weighted by molar-refractivity contribution is 4.87. The van der Waals surface area contributed by atoms with Crippen molar-refractivity contribution in [3.63, 3.8) is 0 Å². The van der Waals surface area contributed by atoms with Gasteiger partial charge in [0.15, 0.2) is 0 Å². The van der Waals surface area contributed by atoms with Crippen molar-refractivity contribution in [3.8, 4) is 0 Å². The van der Waals surface area contributed by atoms with Crippen molar-refractivity contribution in [2.45, 2.75) is 50.5 Å². The van der Waals surface area contributed by atoms with Gasteiger partial charge < -0.3 is 10.5 Å². The van der Waals surface area contributed by atoms with Crippen LogP contribution in [0.4, 0.5) is 0 Å². The van der Waals surface area contributed by atoms with Gasteiger partial charge in [-0.2, -0.15) is 0 Å². The van der Waals surface area contributed by atoms with Gasteiger partial charge in [0, 0.05) is 18.6 Å². The van der Waals surface area contributed by atoms with Crippen molar-refractivity contribution in [1.82, 2.24) is 4.90 Å². The summed E-state index contributed by atoms with van der Waals surface area (Å²) in [6, 6.07) is 0. The minimum absolute atomic E-state index is 0.171. The van der Waals surface area contributed by atoms with Gasteiger partial charge >= 0.3 is 0 Å². The first kappa shape index (κ1) is 12.3. The standard InChI is InChI=1S/C13H26N2O/c14-13(5-2-1-3-6-13)7-4-8-15-9-11-16-12-10-15/h1-12,14H2. The number of hydrogen-bond acceptors (Lipinski definition) is 3. The van der Waals surface area contributed by atoms with Gasteiger partial charge in [-0.15, -0.1) is 0 Å². The van der Waals surface area contributed by atoms with Crippen LogP contribution in [0, 0.1) is 0 Å². The van der Waals surface area contributed by atoms with Gasteiger partial charge in [0.2, 0.25) is 0 Å². The van der Waals surface area contributed by atoms with E-state index in [2.05, 4.69) is 4.90 Å². The first-order valence-corrected chi connectivity index (χ1v) is 6.88. The van der Waals surface area contributed by atoms with Gasteiger partial charge in [0.25, 0.3) is 0 Å². The quantitative estimate of drug-likeness (QED) is 0.794. The number of morpholine rings is 1. The maximum atomic E-state index is 6.43. The second-order valence-electron chi connectivity index (χ2n) is 5.48. The average molecular weight is 226 g/mol. The molecule has 1 heterocycles. The Morgan fingerprint density at radius 2 is 1.75 bits per heavy atom. The van der Waals surface area contributed by atoms with Gasteiger partial charge in [-0.05, 0) is 32.2 Å². The van der Waals surface area contributed by atoms with Crippen LogP contribution < -0.4 is 5.73 Å². The molecule has 0 unspecified atom stereocenters. The molecule has 2 rings (SSSR count). The highest BCUT2D eigenvalue weighted by Crippen LogP contribution is 2.29. The predicted octanol–water partition coefficient (Wildman–Crippen LogP) is 1.76. The van der Waals surface area contributed by atoms with Crippen molar-refractivity contribution in [3.05, 3.63) is 0 Å². The molecular weight excluding hydrogens is 200 g/mol. The lowest BCUT2D eigenvalue weighted by Gasteiger charge is -2.34. The summed E-state index contributed by atoms with van der Waals surface area (Å²) in [5.41, 5.74) is 6.60. The minimum atomic E-state index is 0.171. The number of ether oxygens (including phenoxy) is 1. The van der Waals surface area contributed by atoms with E-state index in [4.69, 9.17) is 10.5 Å². The van der Waals surface area contributed by atoms with Crippen molar-refractivity contribution >= 4 is 0 Å². The maximum absolute atomic E-state index is 6.43. The van der Waals surface area contributed by atoms with Crippen molar-refractivity contribution in [2.75, 3.05) is 32.8 Å². The molecule has 1 saturated carbocycles. The molecule has 16 heavy (non-hydrogen) atoms. The summed E-state index contributed by atoms with van der Waals surface area (Å²) in [4.78, 5) is 2.51. The molecule has 2 fully saturated rings. The van der Waals surface area contributed by atoms with E-state index in [1.807, 2.05) is 0 Å². The molecule has 0 spiro atoms. The summed E-state index contributed by atoms with van der Waals surface area (Å²) in [7, 11) is 0. The topological polar surface area (TPSA) is 38.5 Å². The lowest BCUT2D eigenvalue weighted by molar-refractivity contribution is 0.0361. The second kappa shape index (κ2) is 5.99. The Morgan fingerprint density at radius 1 is 1.06 bits per heavy atom. The van der Waals surface area contributed by atoms with Crippen LogP contribution in [-0.4, -0.2) is 43.3 Å². The SMILES string of the molecule is NC1(CCCN2CCOCC2)CCCCC1. The zero-order chi connectivity index (χ0) is 11.3. The van der Waals surface area contributed by atoms with Crippen LogP contribution in [-0.2, 0) is 4.74 Å². The third kappa shape index (κ3) is 3.72. The fourth-order valence-electron chi connectivity index (χ4n) is 2.99. The zero-order valence-electron chi connectivity index (χ0n) is 10.4. The zero-order valence-corrected chi connectivity index (χ0v) is 10.4. The van der Waals surface area contributed by atoms with Crippen LogP contribution in [0.2, 0.25) is 0 Å². The van der Waals surface area contributed by atoms with E-state index in [9.17, 15) is 0 Å². The molecule has 1 saturated heterocycles. The highest BCUT2D eigenvalue weighted by atomic mass is 16.5. The molecule has 0 aromatic heterocycles. The monoisotopic (exact) mass is 226 g/mol. The molecule has 0 aromatic carbocycles. The normalized spacial score (nSPS) is 26.8. The number of nitrogens with zero attached hydrogens (tertiary/aromatic N) is 1. The fourth-order valence-corrected chi connectivity index (χ4v) is 2.99. The fraction of sp³-hybridized carbons (Fsp3) is 1.00. The average Bonchev–Trinajstić information content (AvgIpc) is 2.31. The second-order valence-corrected chi connectivity index (χ2v) is 5.48. The molecule has 3 heteroatoms. The van der Waals surface area contributed by atoms with Gasteiger partial charge in [-0.25, -0.2) is 0 Å². The Hall–Kier alpha value is -0.120. The van der Waals surface area contributed by atoms with E-state index in [-0.39, 0.29) is 5.54 Å². The van der Waals surface area contributed by atoms with Crippen LogP contribution in [0.15, 0.2) is 0 Å². The molecule has 1 aliphatic carbocycles. The van der Waals surface area contributed by atoms with E-state index < -0.39 is 0 Å². The summed E-state index contributed by atoms with van der Waals surface area (Å²) in [6.07, 6.45) is 9.04. The van der Waals surface area contributed by atoms with E-state index in [1.165, 1.54) is 51.5 Å². The molecule has 3 nitrogen and oxygen atoms in total. The van der Waals surface area contributed by atoms with Gasteiger partial charge in [0.1, 0.15) is 0 Å². The van der Waals surface area contributed by atoms with E-state index in [1.54, 1.807) is 0 Å². The summed E-state index contributed by atoms with van der Waals surface area (Å²) in [5.74, 6) is 0. The van der Waals surface area contributed by atoms with E-state index in [0.29, 0.717) is 0 Å². The summed E-state index contributed by atoms with van der Waals surface area (Å²) >= 11 is 0. The molecule has 2 aliphatic rings. The maximum Gasteiger partial charge on any atom is 0.0594 e. The van der Waals surface area contributed by atoms with Gasteiger partial charge in [-0.1, -0.05) is 19.3 Å². The summed E-state index contributed by atoms with van der Waals surface area (Å²) in [6.45, 7) is 5.25. The Morgan fingerprint density at radius 3 is 2.44 bits per heavy atom. The molecule has 94 valence electrons. The molecule has 1 aliphatic heterocycles. The van der Waals surface area contributed by atoms with Crippen molar-refractivity contribution in [2.24, 2.45) is 5.73 Å². The Labute approximate surface area is 99.3 Å². The largest absolute Gasteiger partial charge is 0.379 e. The Kier molecular flexibility index (Phi) is 4.62. The molecule has 0 radical (unpaired) electrons. The van der Waals surface area contributed by atoms with Gasteiger partial charge in [0.05, 0.1) is 13.2 Å². The van der Waals surface area contributed by atoms with Crippen LogP contribution in [0.1, 0.15) is 44.9 Å². The minimum Gasteiger partial charge on any atom is -0.379 e. The lowest BCUT2D eigenvalue weighted by Crippen LogP contribution is -2.43. The summed E-state index contributed by atoms with van der Waals surface area (Å²) < 4.78 is 5.35. The molecule has 0 atom stereocenters. The van der Waals surface area contributed by atoms with Crippen LogP contribution >= 0.6 is 0 Å². The van der Waals surface area contributed by atoms with Crippen LogP contribution in [0.5, 0.6) is 0 Å². The Balaban J connectivity index is 1.62. The van der Waals surface area contributed by atoms with E-state index in [0.717, 1.165) is 26.3 Å². The third-order valence-corrected chi connectivity index (χ3v) is 4.10. The lowest BCUT2D eigenvalue weighted by atomic mass is 9.79. The van der Waals surface area contributed by atoms with E-state index >= 15 is 0 Å². The molecule has 0 aromatic rings. The molecule has 2 N–H and O–H groups in total. The third-order valence-electron chi connectivity index (χ3n) is 4.10. The molecule has 0 bridgehead atoms. The molecule has 0 amide bonds. The smallest absolute Gasteiger partial charge is 0.0594 e. The number of rotatable bonds is 4. The number of hydrogen-bond donors (Lipinski definition) is 1.